The number of benzene rings is 2. The van der Waals surface area contributed by atoms with Gasteiger partial charge in [-0.2, -0.15) is 11.1 Å². The molecule has 0 saturated carbocycles. The van der Waals surface area contributed by atoms with E-state index in [0.717, 1.165) is 0 Å². The van der Waals surface area contributed by atoms with Crippen molar-refractivity contribution < 1.29 is 25.8 Å². The van der Waals surface area contributed by atoms with E-state index < -0.39 is 0 Å². The first-order chi connectivity index (χ1) is 12.8. The molecule has 0 radical (unpaired) electrons. The quantitative estimate of drug-likeness (QED) is 0.272. The molecular weight excluding hydrogens is 491 g/mol. The maximum atomic E-state index is 3.43. The molecule has 0 spiro atoms. The monoisotopic (exact) mass is 522 g/mol. The van der Waals surface area contributed by atoms with Gasteiger partial charge in [-0.1, -0.05) is 101 Å². The summed E-state index contributed by atoms with van der Waals surface area (Å²) >= 11 is 0. The van der Waals surface area contributed by atoms with Crippen LogP contribution >= 0.6 is 0 Å². The van der Waals surface area contributed by atoms with Crippen molar-refractivity contribution in [1.29, 1.82) is 0 Å². The Balaban J connectivity index is 0.000000187. The van der Waals surface area contributed by atoms with Crippen molar-refractivity contribution in [2.75, 3.05) is 0 Å². The molecule has 2 atom stereocenters. The summed E-state index contributed by atoms with van der Waals surface area (Å²) in [7, 11) is 0. The standard InChI is InChI=1S/2C13H15.Hf/c2*1-2-3-6-11-9-10-12-7-4-5-8-13(11)12;/h2*4-5,7-8,10-11H,2-3,6H2,1H3;/q2*-1;. The molecule has 0 amide bonds. The van der Waals surface area contributed by atoms with Gasteiger partial charge in [0.1, 0.15) is 0 Å². The number of rotatable bonds is 6. The summed E-state index contributed by atoms with van der Waals surface area (Å²) in [5, 5.41) is 0. The van der Waals surface area contributed by atoms with Crippen molar-refractivity contribution in [1.82, 2.24) is 0 Å². The zero-order valence-electron chi connectivity index (χ0n) is 16.7. The molecule has 0 saturated heterocycles. The third-order valence-corrected chi connectivity index (χ3v) is 5.32. The van der Waals surface area contributed by atoms with Gasteiger partial charge in [0.25, 0.3) is 0 Å². The third kappa shape index (κ3) is 5.88. The molecule has 0 bridgehead atoms. The van der Waals surface area contributed by atoms with Crippen LogP contribution in [0.2, 0.25) is 0 Å². The minimum atomic E-state index is 0. The molecule has 2 aromatic rings. The van der Waals surface area contributed by atoms with Crippen LogP contribution < -0.4 is 0 Å². The molecule has 0 nitrogen and oxygen atoms in total. The van der Waals surface area contributed by atoms with Crippen LogP contribution in [0.25, 0.3) is 12.2 Å². The zero-order chi connectivity index (χ0) is 18.2. The predicted octanol–water partition coefficient (Wildman–Crippen LogP) is 7.58. The number of hydrogen-bond donors (Lipinski definition) is 0. The normalized spacial score (nSPS) is 18.3. The van der Waals surface area contributed by atoms with Crippen LogP contribution in [0, 0.1) is 12.2 Å². The van der Waals surface area contributed by atoms with Crippen molar-refractivity contribution >= 4 is 12.2 Å². The number of unbranched alkanes of at least 4 members (excludes halogenated alkanes) is 2. The second-order valence-corrected chi connectivity index (χ2v) is 7.27. The molecule has 0 heterocycles. The minimum Gasteiger partial charge on any atom is -0.268 e. The third-order valence-electron chi connectivity index (χ3n) is 5.32. The largest absolute Gasteiger partial charge is 0.268 e. The summed E-state index contributed by atoms with van der Waals surface area (Å²) < 4.78 is 0. The van der Waals surface area contributed by atoms with E-state index in [1.54, 1.807) is 0 Å². The van der Waals surface area contributed by atoms with Gasteiger partial charge in [0.05, 0.1) is 0 Å². The van der Waals surface area contributed by atoms with Gasteiger partial charge in [0.15, 0.2) is 0 Å². The maximum Gasteiger partial charge on any atom is 0 e. The summed E-state index contributed by atoms with van der Waals surface area (Å²) in [4.78, 5) is 0. The van der Waals surface area contributed by atoms with Gasteiger partial charge >= 0.3 is 0 Å². The first-order valence-electron chi connectivity index (χ1n) is 10.2. The van der Waals surface area contributed by atoms with Crippen molar-refractivity contribution in [2.45, 2.75) is 64.2 Å². The van der Waals surface area contributed by atoms with Crippen LogP contribution in [-0.4, -0.2) is 0 Å². The first-order valence-corrected chi connectivity index (χ1v) is 10.2. The fourth-order valence-corrected chi connectivity index (χ4v) is 3.77. The Labute approximate surface area is 184 Å². The summed E-state index contributed by atoms with van der Waals surface area (Å²) in [6.07, 6.45) is 18.8. The van der Waals surface area contributed by atoms with Crippen LogP contribution in [-0.2, 0) is 25.8 Å². The SMILES string of the molecule is CCCCC1[C-]=Cc2ccccc21.CCCCC1[C-]=Cc2ccccc21.[Hf]. The second kappa shape index (κ2) is 11.6. The van der Waals surface area contributed by atoms with Crippen LogP contribution in [0.1, 0.15) is 86.5 Å². The molecule has 1 heteroatoms. The van der Waals surface area contributed by atoms with Crippen molar-refractivity contribution in [3.8, 4) is 0 Å². The fourth-order valence-electron chi connectivity index (χ4n) is 3.77. The second-order valence-electron chi connectivity index (χ2n) is 7.27. The van der Waals surface area contributed by atoms with E-state index in [9.17, 15) is 0 Å². The van der Waals surface area contributed by atoms with Gasteiger partial charge in [0, 0.05) is 25.8 Å². The summed E-state index contributed by atoms with van der Waals surface area (Å²) in [6, 6.07) is 17.2. The first kappa shape index (κ1) is 22.1. The Morgan fingerprint density at radius 3 is 1.48 bits per heavy atom. The van der Waals surface area contributed by atoms with E-state index in [0.29, 0.717) is 11.8 Å². The molecular formula is C26H30Hf-2. The van der Waals surface area contributed by atoms with E-state index in [1.165, 1.54) is 60.8 Å². The Bertz CT molecular complexity index is 691. The maximum absolute atomic E-state index is 3.43. The van der Waals surface area contributed by atoms with E-state index >= 15 is 0 Å². The minimum absolute atomic E-state index is 0. The van der Waals surface area contributed by atoms with Gasteiger partial charge in [-0.05, 0) is 0 Å². The zero-order valence-corrected chi connectivity index (χ0v) is 20.3. The summed E-state index contributed by atoms with van der Waals surface area (Å²) in [5.41, 5.74) is 5.67. The molecule has 2 aromatic carbocycles. The van der Waals surface area contributed by atoms with Crippen LogP contribution in [0.3, 0.4) is 0 Å². The molecule has 0 N–H and O–H groups in total. The fraction of sp³-hybridized carbons (Fsp3) is 0.385. The Morgan fingerprint density at radius 2 is 1.07 bits per heavy atom. The van der Waals surface area contributed by atoms with Gasteiger partial charge in [-0.15, -0.1) is 23.3 Å². The Morgan fingerprint density at radius 1 is 0.667 bits per heavy atom. The molecule has 2 aliphatic rings. The summed E-state index contributed by atoms with van der Waals surface area (Å²) in [5.74, 6) is 1.13. The number of allylic oxidation sites excluding steroid dienone is 2. The van der Waals surface area contributed by atoms with E-state index in [4.69, 9.17) is 0 Å². The smallest absolute Gasteiger partial charge is 0 e. The summed E-state index contributed by atoms with van der Waals surface area (Å²) in [6.45, 7) is 4.48. The van der Waals surface area contributed by atoms with Gasteiger partial charge in [0.2, 0.25) is 0 Å². The molecule has 27 heavy (non-hydrogen) atoms. The van der Waals surface area contributed by atoms with E-state index in [-0.39, 0.29) is 25.8 Å². The van der Waals surface area contributed by atoms with Gasteiger partial charge in [-0.3, -0.25) is 12.2 Å². The molecule has 2 aliphatic carbocycles. The molecule has 0 aromatic heterocycles. The molecule has 4 rings (SSSR count). The van der Waals surface area contributed by atoms with Crippen molar-refractivity contribution in [3.05, 3.63) is 82.9 Å². The number of hydrogen-bond acceptors (Lipinski definition) is 0. The molecule has 2 unspecified atom stereocenters. The Kier molecular flexibility index (Phi) is 9.48. The average Bonchev–Trinajstić information content (AvgIpc) is 3.29. The topological polar surface area (TPSA) is 0 Å². The molecule has 0 fully saturated rings. The van der Waals surface area contributed by atoms with Gasteiger partial charge < -0.3 is 0 Å². The van der Waals surface area contributed by atoms with Crippen LogP contribution in [0.5, 0.6) is 0 Å². The van der Waals surface area contributed by atoms with Crippen LogP contribution in [0.15, 0.2) is 48.5 Å². The van der Waals surface area contributed by atoms with E-state index in [2.05, 4.69) is 86.7 Å². The Hall–Kier alpha value is -1.21. The van der Waals surface area contributed by atoms with Crippen molar-refractivity contribution in [3.63, 3.8) is 0 Å². The average molecular weight is 521 g/mol. The molecule has 140 valence electrons. The predicted molar refractivity (Wildman–Crippen MR) is 113 cm³/mol. The van der Waals surface area contributed by atoms with Crippen molar-refractivity contribution in [2.24, 2.45) is 0 Å². The number of fused-ring (bicyclic) bond motifs is 2. The molecule has 0 aliphatic heterocycles. The van der Waals surface area contributed by atoms with Gasteiger partial charge in [-0.25, -0.2) is 12.2 Å². The van der Waals surface area contributed by atoms with E-state index in [1.807, 2.05) is 0 Å². The van der Waals surface area contributed by atoms with Crippen LogP contribution in [0.4, 0.5) is 0 Å².